The lowest BCUT2D eigenvalue weighted by molar-refractivity contribution is 0.356. The second-order valence-electron chi connectivity index (χ2n) is 8.22. The number of aromatic nitrogens is 1. The summed E-state index contributed by atoms with van der Waals surface area (Å²) >= 11 is 0. The maximum absolute atomic E-state index is 10.7. The first kappa shape index (κ1) is 23.7. The Morgan fingerprint density at radius 1 is 1.00 bits per heavy atom. The van der Waals surface area contributed by atoms with Crippen LogP contribution in [0.25, 0.3) is 10.9 Å². The monoisotopic (exact) mass is 437 g/mol. The average Bonchev–Trinajstić information content (AvgIpc) is 3.11. The number of rotatable bonds is 10. The van der Waals surface area contributed by atoms with Gasteiger partial charge in [-0.1, -0.05) is 45.7 Å². The standard InChI is InChI=1S/C26H35N3O3/c1-6-13-26(27,14-7-2)17-9-11-18(12-10-17)28-20(8-3)24-19-15-22(31-4)23(32-5)16-21(19)29-25(24)30/h9-12,15-16,29-30H,6-8,13-14,27H2,1-5H3. The van der Waals surface area contributed by atoms with Gasteiger partial charge in [-0.3, -0.25) is 4.99 Å². The Labute approximate surface area is 190 Å². The van der Waals surface area contributed by atoms with Gasteiger partial charge in [-0.15, -0.1) is 0 Å². The Bertz CT molecular complexity index is 1080. The molecule has 0 saturated carbocycles. The molecule has 0 unspecified atom stereocenters. The van der Waals surface area contributed by atoms with Gasteiger partial charge in [0.25, 0.3) is 0 Å². The summed E-state index contributed by atoms with van der Waals surface area (Å²) in [5, 5.41) is 11.5. The van der Waals surface area contributed by atoms with Crippen molar-refractivity contribution in [3.8, 4) is 17.4 Å². The van der Waals surface area contributed by atoms with Crippen LogP contribution in [0.3, 0.4) is 0 Å². The Hall–Kier alpha value is -2.99. The summed E-state index contributed by atoms with van der Waals surface area (Å²) in [6.07, 6.45) is 4.66. The summed E-state index contributed by atoms with van der Waals surface area (Å²) < 4.78 is 10.8. The van der Waals surface area contributed by atoms with Crippen molar-refractivity contribution in [2.24, 2.45) is 10.7 Å². The number of aliphatic imine (C=N–C) groups is 1. The number of H-pyrrole nitrogens is 1. The van der Waals surface area contributed by atoms with Crippen LogP contribution in [0.15, 0.2) is 41.4 Å². The fourth-order valence-electron chi connectivity index (χ4n) is 4.44. The summed E-state index contributed by atoms with van der Waals surface area (Å²) in [7, 11) is 3.19. The van der Waals surface area contributed by atoms with Crippen LogP contribution in [0.1, 0.15) is 64.0 Å². The third kappa shape index (κ3) is 4.60. The molecule has 172 valence electrons. The largest absolute Gasteiger partial charge is 0.494 e. The average molecular weight is 438 g/mol. The van der Waals surface area contributed by atoms with Crippen LogP contribution in [0, 0.1) is 0 Å². The number of benzene rings is 2. The Kier molecular flexibility index (Phi) is 7.46. The van der Waals surface area contributed by atoms with Gasteiger partial charge in [-0.2, -0.15) is 0 Å². The van der Waals surface area contributed by atoms with E-state index in [-0.39, 0.29) is 11.4 Å². The molecule has 0 aliphatic rings. The highest BCUT2D eigenvalue weighted by Crippen LogP contribution is 2.38. The zero-order valence-corrected chi connectivity index (χ0v) is 19.8. The second-order valence-corrected chi connectivity index (χ2v) is 8.22. The molecule has 0 fully saturated rings. The molecule has 3 aromatic rings. The van der Waals surface area contributed by atoms with Crippen LogP contribution in [0.2, 0.25) is 0 Å². The zero-order valence-electron chi connectivity index (χ0n) is 19.8. The second kappa shape index (κ2) is 10.1. The predicted octanol–water partition coefficient (Wildman–Crippen LogP) is 6.18. The van der Waals surface area contributed by atoms with Crippen LogP contribution in [-0.2, 0) is 5.54 Å². The predicted molar refractivity (Wildman–Crippen MR) is 132 cm³/mol. The summed E-state index contributed by atoms with van der Waals surface area (Å²) in [4.78, 5) is 7.90. The first-order chi connectivity index (χ1) is 15.4. The van der Waals surface area contributed by atoms with Gasteiger partial charge < -0.3 is 25.3 Å². The highest BCUT2D eigenvalue weighted by atomic mass is 16.5. The lowest BCUT2D eigenvalue weighted by Gasteiger charge is -2.29. The van der Waals surface area contributed by atoms with E-state index in [1.807, 2.05) is 31.2 Å². The fraction of sp³-hybridized carbons (Fsp3) is 0.423. The van der Waals surface area contributed by atoms with Crippen LogP contribution in [0.5, 0.6) is 17.4 Å². The smallest absolute Gasteiger partial charge is 0.198 e. The SMILES string of the molecule is CCCC(N)(CCC)c1ccc(N=C(CC)c2c(O)[nH]c3cc(OC)c(OC)cc23)cc1. The Morgan fingerprint density at radius 3 is 2.12 bits per heavy atom. The number of fused-ring (bicyclic) bond motifs is 1. The Balaban J connectivity index is 2.02. The molecule has 3 rings (SSSR count). The van der Waals surface area contributed by atoms with Gasteiger partial charge in [0.1, 0.15) is 0 Å². The molecule has 0 bridgehead atoms. The molecule has 1 aromatic heterocycles. The Morgan fingerprint density at radius 2 is 1.59 bits per heavy atom. The summed E-state index contributed by atoms with van der Waals surface area (Å²) in [5.74, 6) is 1.29. The molecule has 6 nitrogen and oxygen atoms in total. The van der Waals surface area contributed by atoms with E-state index in [2.05, 4.69) is 31.0 Å². The molecule has 4 N–H and O–H groups in total. The molecular weight excluding hydrogens is 402 g/mol. The third-order valence-electron chi connectivity index (χ3n) is 6.00. The maximum atomic E-state index is 10.7. The van der Waals surface area contributed by atoms with Crippen LogP contribution >= 0.6 is 0 Å². The number of methoxy groups -OCH3 is 2. The highest BCUT2D eigenvalue weighted by molar-refractivity contribution is 6.14. The van der Waals surface area contributed by atoms with Gasteiger partial charge in [0.2, 0.25) is 0 Å². The molecule has 0 spiro atoms. The van der Waals surface area contributed by atoms with E-state index in [0.717, 1.165) is 53.5 Å². The minimum atomic E-state index is -0.302. The van der Waals surface area contributed by atoms with Crippen molar-refractivity contribution in [3.05, 3.63) is 47.5 Å². The van der Waals surface area contributed by atoms with Gasteiger partial charge in [0.05, 0.1) is 36.7 Å². The van der Waals surface area contributed by atoms with Gasteiger partial charge >= 0.3 is 0 Å². The third-order valence-corrected chi connectivity index (χ3v) is 6.00. The first-order valence-corrected chi connectivity index (χ1v) is 11.3. The lowest BCUT2D eigenvalue weighted by Crippen LogP contribution is -2.36. The van der Waals surface area contributed by atoms with E-state index in [0.29, 0.717) is 23.5 Å². The summed E-state index contributed by atoms with van der Waals surface area (Å²) in [5.41, 5.74) is 10.6. The minimum absolute atomic E-state index is 0.0828. The molecule has 0 atom stereocenters. The fourth-order valence-corrected chi connectivity index (χ4v) is 4.44. The molecular formula is C26H35N3O3. The van der Waals surface area contributed by atoms with E-state index in [9.17, 15) is 5.11 Å². The van der Waals surface area contributed by atoms with Crippen molar-refractivity contribution in [2.45, 2.75) is 58.4 Å². The van der Waals surface area contributed by atoms with E-state index in [1.165, 1.54) is 0 Å². The van der Waals surface area contributed by atoms with Gasteiger partial charge in [-0.05, 0) is 43.0 Å². The van der Waals surface area contributed by atoms with Crippen molar-refractivity contribution in [1.29, 1.82) is 0 Å². The molecule has 6 heteroatoms. The highest BCUT2D eigenvalue weighted by Gasteiger charge is 2.25. The van der Waals surface area contributed by atoms with Crippen LogP contribution in [0.4, 0.5) is 5.69 Å². The molecule has 0 aliphatic heterocycles. The molecule has 0 radical (unpaired) electrons. The lowest BCUT2D eigenvalue weighted by atomic mass is 9.83. The number of hydrogen-bond acceptors (Lipinski definition) is 5. The first-order valence-electron chi connectivity index (χ1n) is 11.3. The van der Waals surface area contributed by atoms with Crippen molar-refractivity contribution in [1.82, 2.24) is 4.98 Å². The molecule has 0 amide bonds. The molecule has 32 heavy (non-hydrogen) atoms. The topological polar surface area (TPSA) is 92.9 Å². The number of aromatic hydroxyl groups is 1. The molecule has 0 aliphatic carbocycles. The zero-order chi connectivity index (χ0) is 23.3. The number of ether oxygens (including phenoxy) is 2. The summed E-state index contributed by atoms with van der Waals surface area (Å²) in [6, 6.07) is 11.9. The van der Waals surface area contributed by atoms with E-state index < -0.39 is 0 Å². The molecule has 1 heterocycles. The summed E-state index contributed by atoms with van der Waals surface area (Å²) in [6.45, 7) is 6.36. The number of aromatic amines is 1. The maximum Gasteiger partial charge on any atom is 0.198 e. The quantitative estimate of drug-likeness (QED) is 0.330. The number of nitrogens with two attached hydrogens (primary N) is 1. The normalized spacial score (nSPS) is 12.4. The molecule has 2 aromatic carbocycles. The van der Waals surface area contributed by atoms with E-state index >= 15 is 0 Å². The minimum Gasteiger partial charge on any atom is -0.494 e. The van der Waals surface area contributed by atoms with Gasteiger partial charge in [0, 0.05) is 17.0 Å². The van der Waals surface area contributed by atoms with Crippen molar-refractivity contribution in [3.63, 3.8) is 0 Å². The van der Waals surface area contributed by atoms with Gasteiger partial charge in [0.15, 0.2) is 17.4 Å². The van der Waals surface area contributed by atoms with Crippen LogP contribution < -0.4 is 15.2 Å². The van der Waals surface area contributed by atoms with Crippen LogP contribution in [-0.4, -0.2) is 30.0 Å². The van der Waals surface area contributed by atoms with Gasteiger partial charge in [-0.25, -0.2) is 0 Å². The van der Waals surface area contributed by atoms with E-state index in [4.69, 9.17) is 20.2 Å². The van der Waals surface area contributed by atoms with Crippen molar-refractivity contribution >= 4 is 22.3 Å². The number of nitrogens with zero attached hydrogens (tertiary/aromatic N) is 1. The van der Waals surface area contributed by atoms with E-state index in [1.54, 1.807) is 14.2 Å². The number of hydrogen-bond donors (Lipinski definition) is 3. The van der Waals surface area contributed by atoms with Crippen molar-refractivity contribution in [2.75, 3.05) is 14.2 Å². The molecule has 0 saturated heterocycles. The number of nitrogens with one attached hydrogen (secondary N) is 1. The van der Waals surface area contributed by atoms with Crippen molar-refractivity contribution < 1.29 is 14.6 Å².